The van der Waals surface area contributed by atoms with Crippen molar-refractivity contribution in [3.8, 4) is 6.07 Å². The van der Waals surface area contributed by atoms with Gasteiger partial charge < -0.3 is 0 Å². The zero-order valence-electron chi connectivity index (χ0n) is 9.88. The Morgan fingerprint density at radius 3 is 2.78 bits per heavy atom. The summed E-state index contributed by atoms with van der Waals surface area (Å²) in [5.74, 6) is 0. The first-order chi connectivity index (χ1) is 8.72. The highest BCUT2D eigenvalue weighted by molar-refractivity contribution is 5.44. The zero-order valence-corrected chi connectivity index (χ0v) is 9.88. The van der Waals surface area contributed by atoms with E-state index in [1.807, 2.05) is 19.1 Å². The minimum atomic E-state index is 0.617. The number of aryl methyl sites for hydroxylation is 1. The number of nitriles is 1. The average Bonchev–Trinajstić information content (AvgIpc) is 2.71. The second-order valence-electron chi connectivity index (χ2n) is 3.86. The van der Waals surface area contributed by atoms with Crippen LogP contribution in [-0.2, 0) is 6.54 Å². The summed E-state index contributed by atoms with van der Waals surface area (Å²) in [6, 6.07) is 9.45. The van der Waals surface area contributed by atoms with Crippen LogP contribution in [0.5, 0.6) is 0 Å². The van der Waals surface area contributed by atoms with Gasteiger partial charge in [-0.3, -0.25) is 10.1 Å². The number of benzene rings is 1. The minimum Gasteiger partial charge on any atom is -0.266 e. The molecule has 2 rings (SSSR count). The zero-order chi connectivity index (χ0) is 13.0. The molecular weight excluding hydrogens is 228 g/mol. The molecule has 0 unspecified atom stereocenters. The number of hydrogen-bond donors (Lipinski definition) is 2. The van der Waals surface area contributed by atoms with Crippen LogP contribution in [0.4, 0.5) is 5.69 Å². The first-order valence-corrected chi connectivity index (χ1v) is 5.38. The first-order valence-electron chi connectivity index (χ1n) is 5.38. The lowest BCUT2D eigenvalue weighted by molar-refractivity contribution is 0.679. The van der Waals surface area contributed by atoms with Crippen LogP contribution in [0.3, 0.4) is 0 Å². The Morgan fingerprint density at radius 1 is 1.44 bits per heavy atom. The Morgan fingerprint density at radius 2 is 2.17 bits per heavy atom. The molecule has 0 amide bonds. The van der Waals surface area contributed by atoms with Crippen molar-refractivity contribution in [3.05, 3.63) is 47.3 Å². The van der Waals surface area contributed by atoms with E-state index >= 15 is 0 Å². The summed E-state index contributed by atoms with van der Waals surface area (Å²) in [6.07, 6.45) is 1.80. The molecule has 6 heteroatoms. The molecule has 0 aliphatic carbocycles. The second-order valence-corrected chi connectivity index (χ2v) is 3.86. The number of hydrogen-bond acceptors (Lipinski definition) is 4. The molecule has 18 heavy (non-hydrogen) atoms. The van der Waals surface area contributed by atoms with Crippen LogP contribution in [-0.4, -0.2) is 9.78 Å². The van der Waals surface area contributed by atoms with Gasteiger partial charge in [-0.25, -0.2) is 0 Å². The predicted molar refractivity (Wildman–Crippen MR) is 66.0 cm³/mol. The number of aromatic nitrogens is 2. The third-order valence-electron chi connectivity index (χ3n) is 2.55. The summed E-state index contributed by atoms with van der Waals surface area (Å²) in [5, 5.41) is 16.1. The van der Waals surface area contributed by atoms with Crippen LogP contribution in [0, 0.1) is 23.8 Å². The van der Waals surface area contributed by atoms with Gasteiger partial charge in [-0.1, -0.05) is 17.4 Å². The lowest BCUT2D eigenvalue weighted by atomic mass is 10.1. The van der Waals surface area contributed by atoms with Crippen molar-refractivity contribution in [1.29, 1.82) is 10.8 Å². The largest absolute Gasteiger partial charge is 0.266 e. The fourth-order valence-electron chi connectivity index (χ4n) is 1.64. The van der Waals surface area contributed by atoms with Crippen molar-refractivity contribution in [2.75, 3.05) is 5.43 Å². The van der Waals surface area contributed by atoms with Gasteiger partial charge in [0.05, 0.1) is 35.8 Å². The number of nitrogens with one attached hydrogen (secondary N) is 2. The SMILES string of the molecule is Cc1nn(Cc2ccc(C#N)cc2)cc1NN=N. The molecule has 1 aromatic heterocycles. The molecule has 0 bridgehead atoms. The molecule has 0 radical (unpaired) electrons. The average molecular weight is 240 g/mol. The van der Waals surface area contributed by atoms with Crippen LogP contribution in [0.2, 0.25) is 0 Å². The highest BCUT2D eigenvalue weighted by atomic mass is 15.4. The van der Waals surface area contributed by atoms with Crippen LogP contribution in [0.15, 0.2) is 35.7 Å². The van der Waals surface area contributed by atoms with Gasteiger partial charge in [0.25, 0.3) is 0 Å². The highest BCUT2D eigenvalue weighted by Crippen LogP contribution is 2.13. The molecule has 2 N–H and O–H groups in total. The van der Waals surface area contributed by atoms with Gasteiger partial charge in [0.2, 0.25) is 0 Å². The first kappa shape index (κ1) is 11.8. The van der Waals surface area contributed by atoms with Gasteiger partial charge in [-0.15, -0.1) is 0 Å². The van der Waals surface area contributed by atoms with Crippen LogP contribution in [0.1, 0.15) is 16.8 Å². The van der Waals surface area contributed by atoms with E-state index in [-0.39, 0.29) is 0 Å². The lowest BCUT2D eigenvalue weighted by Gasteiger charge is -2.01. The Labute approximate surface area is 104 Å². The molecule has 0 spiro atoms. The monoisotopic (exact) mass is 240 g/mol. The fourth-order valence-corrected chi connectivity index (χ4v) is 1.64. The van der Waals surface area contributed by atoms with Gasteiger partial charge in [-0.2, -0.15) is 15.9 Å². The summed E-state index contributed by atoms with van der Waals surface area (Å²) >= 11 is 0. The molecular formula is C12H12N6. The van der Waals surface area contributed by atoms with Crippen LogP contribution >= 0.6 is 0 Å². The molecule has 0 fully saturated rings. The molecule has 90 valence electrons. The summed E-state index contributed by atoms with van der Waals surface area (Å²) < 4.78 is 1.77. The Hall–Kier alpha value is -2.68. The predicted octanol–water partition coefficient (Wildman–Crippen LogP) is 2.47. The molecule has 2 aromatic rings. The van der Waals surface area contributed by atoms with Crippen molar-refractivity contribution in [3.63, 3.8) is 0 Å². The Kier molecular flexibility index (Phi) is 3.34. The highest BCUT2D eigenvalue weighted by Gasteiger charge is 2.04. The maximum absolute atomic E-state index is 8.71. The van der Waals surface area contributed by atoms with E-state index < -0.39 is 0 Å². The number of rotatable bonds is 4. The summed E-state index contributed by atoms with van der Waals surface area (Å²) in [5.41, 5.74) is 12.5. The van der Waals surface area contributed by atoms with Crippen LogP contribution in [0.25, 0.3) is 0 Å². The smallest absolute Gasteiger partial charge is 0.0991 e. The summed E-state index contributed by atoms with van der Waals surface area (Å²) in [4.78, 5) is 0. The van der Waals surface area contributed by atoms with Gasteiger partial charge in [-0.05, 0) is 24.6 Å². The van der Waals surface area contributed by atoms with Gasteiger partial charge in [0.15, 0.2) is 0 Å². The Balaban J connectivity index is 2.15. The summed E-state index contributed by atoms with van der Waals surface area (Å²) in [7, 11) is 0. The molecule has 0 aliphatic rings. The third-order valence-corrected chi connectivity index (χ3v) is 2.55. The maximum atomic E-state index is 8.71. The standard InChI is InChI=1S/C12H12N6/c1-9-12(15-17-14)8-18(16-9)7-11-4-2-10(6-13)3-5-11/h2-5,8H,7H2,1H3,(H2,14,15). The van der Waals surface area contributed by atoms with E-state index in [2.05, 4.69) is 21.8 Å². The van der Waals surface area contributed by atoms with Crippen molar-refractivity contribution in [2.45, 2.75) is 13.5 Å². The molecule has 0 atom stereocenters. The molecule has 0 saturated carbocycles. The van der Waals surface area contributed by atoms with E-state index in [1.54, 1.807) is 23.0 Å². The topological polar surface area (TPSA) is 89.8 Å². The summed E-state index contributed by atoms with van der Waals surface area (Å²) in [6.45, 7) is 2.47. The van der Waals surface area contributed by atoms with Crippen LogP contribution < -0.4 is 5.43 Å². The minimum absolute atomic E-state index is 0.617. The van der Waals surface area contributed by atoms with E-state index in [0.29, 0.717) is 12.1 Å². The number of nitrogens with zero attached hydrogens (tertiary/aromatic N) is 4. The van der Waals surface area contributed by atoms with Gasteiger partial charge >= 0.3 is 0 Å². The van der Waals surface area contributed by atoms with Crippen molar-refractivity contribution < 1.29 is 0 Å². The van der Waals surface area contributed by atoms with E-state index in [4.69, 9.17) is 10.8 Å². The van der Waals surface area contributed by atoms with Crippen molar-refractivity contribution in [1.82, 2.24) is 9.78 Å². The normalized spacial score (nSPS) is 9.78. The molecule has 0 saturated heterocycles. The fraction of sp³-hybridized carbons (Fsp3) is 0.167. The van der Waals surface area contributed by atoms with Gasteiger partial charge in [0.1, 0.15) is 0 Å². The number of anilines is 1. The molecule has 1 heterocycles. The van der Waals surface area contributed by atoms with Crippen molar-refractivity contribution in [2.24, 2.45) is 5.22 Å². The molecule has 1 aromatic carbocycles. The van der Waals surface area contributed by atoms with E-state index in [0.717, 1.165) is 16.9 Å². The molecule has 0 aliphatic heterocycles. The second kappa shape index (κ2) is 5.10. The lowest BCUT2D eigenvalue weighted by Crippen LogP contribution is -2.00. The van der Waals surface area contributed by atoms with Crippen molar-refractivity contribution >= 4 is 5.69 Å². The maximum Gasteiger partial charge on any atom is 0.0991 e. The van der Waals surface area contributed by atoms with E-state index in [9.17, 15) is 0 Å². The molecule has 6 nitrogen and oxygen atoms in total. The quantitative estimate of drug-likeness (QED) is 0.635. The third kappa shape index (κ3) is 2.52. The Bertz CT molecular complexity index is 590. The van der Waals surface area contributed by atoms with Gasteiger partial charge in [0, 0.05) is 0 Å². The van der Waals surface area contributed by atoms with E-state index in [1.165, 1.54) is 0 Å².